The van der Waals surface area contributed by atoms with Crippen LogP contribution in [0.25, 0.3) is 17.2 Å². The van der Waals surface area contributed by atoms with E-state index in [0.717, 1.165) is 29.5 Å². The maximum atomic E-state index is 13.4. The summed E-state index contributed by atoms with van der Waals surface area (Å²) in [7, 11) is 0. The Hall–Kier alpha value is -3.46. The van der Waals surface area contributed by atoms with Crippen LogP contribution in [0.2, 0.25) is 0 Å². The van der Waals surface area contributed by atoms with Crippen molar-refractivity contribution in [3.05, 3.63) is 100 Å². The van der Waals surface area contributed by atoms with Crippen LogP contribution >= 0.6 is 0 Å². The maximum Gasteiger partial charge on any atom is 0.335 e. The van der Waals surface area contributed by atoms with Crippen LogP contribution in [0.1, 0.15) is 104 Å². The van der Waals surface area contributed by atoms with E-state index in [1.54, 1.807) is 36.4 Å². The molecule has 3 heteroatoms. The molecule has 0 bridgehead atoms. The quantitative estimate of drug-likeness (QED) is 0.285. The Morgan fingerprint density at radius 2 is 1.41 bits per heavy atom. The molecule has 1 N–H and O–H groups in total. The molecule has 0 spiro atoms. The second kappa shape index (κ2) is 9.45. The molecule has 0 unspecified atom stereocenters. The third-order valence-electron chi connectivity index (χ3n) is 7.85. The van der Waals surface area contributed by atoms with Crippen molar-refractivity contribution < 1.29 is 14.7 Å². The van der Waals surface area contributed by atoms with Crippen molar-refractivity contribution in [1.82, 2.24) is 0 Å². The summed E-state index contributed by atoms with van der Waals surface area (Å²) in [5.41, 5.74) is 7.90. The SMILES string of the molecule is CC(C)(C)c1ccc(-c2cc(C(=O)/C=C/c3ccc(C(=O)O)cc3)cc3c2C(C)(C)CCC3(C)C)cc1. The highest BCUT2D eigenvalue weighted by molar-refractivity contribution is 6.08. The van der Waals surface area contributed by atoms with Gasteiger partial charge in [0.05, 0.1) is 5.56 Å². The van der Waals surface area contributed by atoms with Crippen LogP contribution in [-0.4, -0.2) is 16.9 Å². The number of carbonyl (C=O) groups excluding carboxylic acids is 1. The van der Waals surface area contributed by atoms with E-state index in [4.69, 9.17) is 5.11 Å². The number of benzene rings is 3. The molecule has 3 nitrogen and oxygen atoms in total. The van der Waals surface area contributed by atoms with Gasteiger partial charge in [-0.15, -0.1) is 0 Å². The number of carboxylic acids is 1. The Balaban J connectivity index is 1.81. The van der Waals surface area contributed by atoms with Gasteiger partial charge >= 0.3 is 5.97 Å². The van der Waals surface area contributed by atoms with Crippen molar-refractivity contribution in [3.8, 4) is 11.1 Å². The Kier molecular flexibility index (Phi) is 6.79. The topological polar surface area (TPSA) is 54.4 Å². The summed E-state index contributed by atoms with van der Waals surface area (Å²) in [6, 6.07) is 19.5. The van der Waals surface area contributed by atoms with Gasteiger partial charge in [0.1, 0.15) is 0 Å². The zero-order chi connectivity index (χ0) is 27.2. The van der Waals surface area contributed by atoms with Gasteiger partial charge in [-0.25, -0.2) is 4.79 Å². The Bertz CT molecular complexity index is 1360. The van der Waals surface area contributed by atoms with E-state index in [-0.39, 0.29) is 27.6 Å². The van der Waals surface area contributed by atoms with Crippen LogP contribution in [0.5, 0.6) is 0 Å². The number of rotatable bonds is 5. The van der Waals surface area contributed by atoms with E-state index >= 15 is 0 Å². The summed E-state index contributed by atoms with van der Waals surface area (Å²) in [6.45, 7) is 15.8. The Morgan fingerprint density at radius 3 is 1.97 bits per heavy atom. The molecule has 0 saturated heterocycles. The molecule has 0 radical (unpaired) electrons. The molecular weight excluding hydrogens is 456 g/mol. The molecule has 1 aliphatic carbocycles. The minimum atomic E-state index is -0.964. The molecule has 0 amide bonds. The van der Waals surface area contributed by atoms with E-state index in [0.29, 0.717) is 5.56 Å². The van der Waals surface area contributed by atoms with Crippen molar-refractivity contribution >= 4 is 17.8 Å². The Labute approximate surface area is 221 Å². The van der Waals surface area contributed by atoms with Crippen molar-refractivity contribution in [2.45, 2.75) is 77.6 Å². The van der Waals surface area contributed by atoms with Gasteiger partial charge in [0.2, 0.25) is 0 Å². The van der Waals surface area contributed by atoms with Crippen LogP contribution in [-0.2, 0) is 16.2 Å². The maximum absolute atomic E-state index is 13.4. The predicted octanol–water partition coefficient (Wildman–Crippen LogP) is 8.59. The average Bonchev–Trinajstić information content (AvgIpc) is 2.84. The molecule has 0 saturated carbocycles. The lowest BCUT2D eigenvalue weighted by atomic mass is 9.61. The molecule has 0 fully saturated rings. The Morgan fingerprint density at radius 1 is 0.811 bits per heavy atom. The highest BCUT2D eigenvalue weighted by atomic mass is 16.4. The molecule has 4 rings (SSSR count). The molecule has 37 heavy (non-hydrogen) atoms. The molecule has 0 aliphatic heterocycles. The first-order valence-corrected chi connectivity index (χ1v) is 13.0. The van der Waals surface area contributed by atoms with Crippen molar-refractivity contribution in [2.24, 2.45) is 0 Å². The summed E-state index contributed by atoms with van der Waals surface area (Å²) in [6.07, 6.45) is 5.50. The monoisotopic (exact) mass is 494 g/mol. The van der Waals surface area contributed by atoms with Crippen LogP contribution in [0.15, 0.2) is 66.7 Å². The van der Waals surface area contributed by atoms with Gasteiger partial charge in [0, 0.05) is 5.56 Å². The van der Waals surface area contributed by atoms with Crippen LogP contribution in [0.4, 0.5) is 0 Å². The third-order valence-corrected chi connectivity index (χ3v) is 7.85. The fourth-order valence-electron chi connectivity index (χ4n) is 5.31. The van der Waals surface area contributed by atoms with E-state index in [1.165, 1.54) is 16.7 Å². The smallest absolute Gasteiger partial charge is 0.335 e. The largest absolute Gasteiger partial charge is 0.478 e. The first kappa shape index (κ1) is 26.6. The van der Waals surface area contributed by atoms with E-state index in [1.807, 2.05) is 0 Å². The van der Waals surface area contributed by atoms with Gasteiger partial charge in [-0.05, 0) is 92.8 Å². The summed E-state index contributed by atoms with van der Waals surface area (Å²) >= 11 is 0. The molecule has 0 heterocycles. The second-order valence-electron chi connectivity index (χ2n) is 12.7. The van der Waals surface area contributed by atoms with Crippen molar-refractivity contribution in [3.63, 3.8) is 0 Å². The van der Waals surface area contributed by atoms with Crippen LogP contribution in [0, 0.1) is 0 Å². The first-order valence-electron chi connectivity index (χ1n) is 13.0. The standard InChI is InChI=1S/C34H38O3/c1-32(2,3)26-15-13-23(14-16-26)27-20-25(21-28-30(27)34(6,7)19-18-33(28,4)5)29(35)17-10-22-8-11-24(12-9-22)31(36)37/h8-17,20-21H,18-19H2,1-7H3,(H,36,37)/b17-10+. The number of allylic oxidation sites excluding steroid dienone is 1. The van der Waals surface area contributed by atoms with Gasteiger partial charge in [0.15, 0.2) is 5.78 Å². The number of carboxylic acid groups (broad SMARTS) is 1. The van der Waals surface area contributed by atoms with Gasteiger partial charge in [0.25, 0.3) is 0 Å². The molecule has 3 aromatic carbocycles. The predicted molar refractivity (Wildman–Crippen MR) is 153 cm³/mol. The molecule has 3 aromatic rings. The van der Waals surface area contributed by atoms with Gasteiger partial charge < -0.3 is 5.11 Å². The zero-order valence-corrected chi connectivity index (χ0v) is 23.1. The second-order valence-corrected chi connectivity index (χ2v) is 12.7. The minimum Gasteiger partial charge on any atom is -0.478 e. The summed E-state index contributed by atoms with van der Waals surface area (Å²) < 4.78 is 0. The number of hydrogen-bond donors (Lipinski definition) is 1. The van der Waals surface area contributed by atoms with E-state index in [2.05, 4.69) is 84.9 Å². The number of hydrogen-bond acceptors (Lipinski definition) is 2. The van der Waals surface area contributed by atoms with E-state index < -0.39 is 5.97 Å². The number of ketones is 1. The number of fused-ring (bicyclic) bond motifs is 1. The molecule has 192 valence electrons. The zero-order valence-electron chi connectivity index (χ0n) is 23.1. The fourth-order valence-corrected chi connectivity index (χ4v) is 5.31. The van der Waals surface area contributed by atoms with Gasteiger partial charge in [-0.3, -0.25) is 4.79 Å². The minimum absolute atomic E-state index is 0.00614. The van der Waals surface area contributed by atoms with Crippen molar-refractivity contribution in [2.75, 3.05) is 0 Å². The lowest BCUT2D eigenvalue weighted by Crippen LogP contribution is -2.34. The molecule has 1 aliphatic rings. The van der Waals surface area contributed by atoms with Crippen molar-refractivity contribution in [1.29, 1.82) is 0 Å². The molecular formula is C34H38O3. The number of carbonyl (C=O) groups is 2. The summed E-state index contributed by atoms with van der Waals surface area (Å²) in [4.78, 5) is 24.6. The van der Waals surface area contributed by atoms with Gasteiger partial charge in [-0.2, -0.15) is 0 Å². The molecule has 0 atom stereocenters. The summed E-state index contributed by atoms with van der Waals surface area (Å²) in [5.74, 6) is -1.02. The lowest BCUT2D eigenvalue weighted by molar-refractivity contribution is 0.0696. The molecule has 0 aromatic heterocycles. The van der Waals surface area contributed by atoms with Crippen LogP contribution < -0.4 is 0 Å². The number of aromatic carboxylic acids is 1. The van der Waals surface area contributed by atoms with Crippen LogP contribution in [0.3, 0.4) is 0 Å². The fraction of sp³-hybridized carbons (Fsp3) is 0.353. The third kappa shape index (κ3) is 5.46. The van der Waals surface area contributed by atoms with E-state index in [9.17, 15) is 9.59 Å². The average molecular weight is 495 g/mol. The highest BCUT2D eigenvalue weighted by Crippen LogP contribution is 2.50. The summed E-state index contributed by atoms with van der Waals surface area (Å²) in [5, 5.41) is 9.12. The normalized spacial score (nSPS) is 16.4. The highest BCUT2D eigenvalue weighted by Gasteiger charge is 2.39. The first-order chi connectivity index (χ1) is 17.2. The lowest BCUT2D eigenvalue weighted by Gasteiger charge is -2.43. The van der Waals surface area contributed by atoms with Gasteiger partial charge in [-0.1, -0.05) is 90.9 Å².